The number of benzene rings is 2. The van der Waals surface area contributed by atoms with Crippen molar-refractivity contribution in [2.24, 2.45) is 0 Å². The fourth-order valence-corrected chi connectivity index (χ4v) is 4.27. The van der Waals surface area contributed by atoms with Gasteiger partial charge in [-0.2, -0.15) is 0 Å². The minimum Gasteiger partial charge on any atom is -0.459 e. The lowest BCUT2D eigenvalue weighted by molar-refractivity contribution is -0.123. The molecule has 0 aliphatic carbocycles. The highest BCUT2D eigenvalue weighted by Gasteiger charge is 2.35. The van der Waals surface area contributed by atoms with Crippen molar-refractivity contribution < 1.29 is 14.0 Å². The molecule has 7 nitrogen and oxygen atoms in total. The number of amides is 2. The third-order valence-corrected chi connectivity index (χ3v) is 6.15. The van der Waals surface area contributed by atoms with E-state index in [1.54, 1.807) is 36.7 Å². The van der Waals surface area contributed by atoms with Crippen LogP contribution in [0.25, 0.3) is 5.69 Å². The Balaban J connectivity index is 1.56. The van der Waals surface area contributed by atoms with Crippen LogP contribution in [-0.4, -0.2) is 21.4 Å². The molecule has 0 saturated heterocycles. The molecular formula is C30H26N4O3. The van der Waals surface area contributed by atoms with Gasteiger partial charge in [0.2, 0.25) is 5.91 Å². The zero-order chi connectivity index (χ0) is 25.6. The number of nitrogens with one attached hydrogen (secondary N) is 1. The van der Waals surface area contributed by atoms with Gasteiger partial charge in [-0.3, -0.25) is 19.5 Å². The van der Waals surface area contributed by atoms with Crippen LogP contribution in [0, 0.1) is 0 Å². The van der Waals surface area contributed by atoms with Gasteiger partial charge in [-0.15, -0.1) is 0 Å². The summed E-state index contributed by atoms with van der Waals surface area (Å²) < 4.78 is 7.42. The molecule has 2 atom stereocenters. The van der Waals surface area contributed by atoms with Gasteiger partial charge in [0.25, 0.3) is 5.91 Å². The average molecular weight is 491 g/mol. The van der Waals surface area contributed by atoms with E-state index in [2.05, 4.69) is 10.3 Å². The molecular weight excluding hydrogens is 464 g/mol. The van der Waals surface area contributed by atoms with E-state index in [1.807, 2.05) is 90.6 Å². The normalized spacial score (nSPS) is 12.5. The Hall–Kier alpha value is -4.91. The summed E-state index contributed by atoms with van der Waals surface area (Å²) >= 11 is 0. The largest absolute Gasteiger partial charge is 0.459 e. The van der Waals surface area contributed by atoms with Gasteiger partial charge in [-0.25, -0.2) is 0 Å². The van der Waals surface area contributed by atoms with E-state index < -0.39 is 11.9 Å². The van der Waals surface area contributed by atoms with Crippen LogP contribution < -0.4 is 10.2 Å². The molecule has 5 rings (SSSR count). The van der Waals surface area contributed by atoms with Crippen molar-refractivity contribution >= 4 is 17.5 Å². The summed E-state index contributed by atoms with van der Waals surface area (Å²) in [5.74, 6) is -0.638. The van der Waals surface area contributed by atoms with E-state index in [0.717, 1.165) is 11.3 Å². The lowest BCUT2D eigenvalue weighted by Crippen LogP contribution is -2.44. The van der Waals surface area contributed by atoms with E-state index in [1.165, 1.54) is 11.2 Å². The van der Waals surface area contributed by atoms with Crippen LogP contribution in [0.15, 0.2) is 126 Å². The number of carbonyl (C=O) groups excluding carboxylic acids is 2. The molecule has 0 aliphatic rings. The first-order valence-electron chi connectivity index (χ1n) is 12.0. The van der Waals surface area contributed by atoms with Crippen molar-refractivity contribution in [3.63, 3.8) is 0 Å². The van der Waals surface area contributed by atoms with Gasteiger partial charge < -0.3 is 14.3 Å². The van der Waals surface area contributed by atoms with E-state index in [-0.39, 0.29) is 17.7 Å². The molecule has 37 heavy (non-hydrogen) atoms. The molecule has 184 valence electrons. The van der Waals surface area contributed by atoms with Crippen LogP contribution in [0.5, 0.6) is 0 Å². The number of nitrogens with zero attached hydrogens (tertiary/aromatic N) is 3. The van der Waals surface area contributed by atoms with Crippen molar-refractivity contribution in [3.8, 4) is 5.69 Å². The highest BCUT2D eigenvalue weighted by molar-refractivity contribution is 6.08. The zero-order valence-corrected chi connectivity index (χ0v) is 20.3. The van der Waals surface area contributed by atoms with Gasteiger partial charge in [0.1, 0.15) is 6.04 Å². The van der Waals surface area contributed by atoms with E-state index in [9.17, 15) is 9.59 Å². The second-order valence-electron chi connectivity index (χ2n) is 8.59. The van der Waals surface area contributed by atoms with E-state index in [4.69, 9.17) is 4.42 Å². The van der Waals surface area contributed by atoms with Gasteiger partial charge in [0, 0.05) is 41.7 Å². The monoisotopic (exact) mass is 490 g/mol. The highest BCUT2D eigenvalue weighted by Crippen LogP contribution is 2.31. The zero-order valence-electron chi connectivity index (χ0n) is 20.3. The predicted octanol–water partition coefficient (Wildman–Crippen LogP) is 5.73. The molecule has 0 spiro atoms. The molecule has 1 N–H and O–H groups in total. The molecule has 0 bridgehead atoms. The van der Waals surface area contributed by atoms with E-state index >= 15 is 0 Å². The SMILES string of the molecule is C[C@H](NC(=O)C(c1cccnc1)N(C(=O)c1ccco1)c1ccc(-n2cccc2)cc1)c1ccccc1. The Bertz CT molecular complexity index is 1430. The molecule has 7 heteroatoms. The van der Waals surface area contributed by atoms with Crippen LogP contribution in [0.3, 0.4) is 0 Å². The Morgan fingerprint density at radius 3 is 2.24 bits per heavy atom. The Morgan fingerprint density at radius 2 is 1.59 bits per heavy atom. The predicted molar refractivity (Wildman–Crippen MR) is 141 cm³/mol. The molecule has 2 amide bonds. The van der Waals surface area contributed by atoms with Crippen molar-refractivity contribution in [2.45, 2.75) is 19.0 Å². The number of anilines is 1. The molecule has 0 saturated carbocycles. The van der Waals surface area contributed by atoms with Crippen LogP contribution >= 0.6 is 0 Å². The summed E-state index contributed by atoms with van der Waals surface area (Å²) in [7, 11) is 0. The Labute approximate surface area is 215 Å². The van der Waals surface area contributed by atoms with Crippen LogP contribution in [0.4, 0.5) is 5.69 Å². The number of aromatic nitrogens is 2. The minimum absolute atomic E-state index is 0.132. The Kier molecular flexibility index (Phi) is 6.94. The maximum atomic E-state index is 13.9. The van der Waals surface area contributed by atoms with Gasteiger partial charge in [0.05, 0.1) is 12.3 Å². The quantitative estimate of drug-likeness (QED) is 0.301. The number of pyridine rings is 1. The summed E-state index contributed by atoms with van der Waals surface area (Å²) in [5, 5.41) is 3.08. The minimum atomic E-state index is -0.991. The lowest BCUT2D eigenvalue weighted by Gasteiger charge is -2.31. The van der Waals surface area contributed by atoms with E-state index in [0.29, 0.717) is 11.3 Å². The number of carbonyl (C=O) groups is 2. The fraction of sp³-hybridized carbons (Fsp3) is 0.100. The number of hydrogen-bond donors (Lipinski definition) is 1. The maximum Gasteiger partial charge on any atom is 0.294 e. The summed E-state index contributed by atoms with van der Waals surface area (Å²) in [4.78, 5) is 33.4. The lowest BCUT2D eigenvalue weighted by atomic mass is 10.0. The van der Waals surface area contributed by atoms with Crippen molar-refractivity contribution in [1.82, 2.24) is 14.9 Å². The molecule has 0 aliphatic heterocycles. The first kappa shape index (κ1) is 23.8. The van der Waals surface area contributed by atoms with Crippen molar-refractivity contribution in [2.75, 3.05) is 4.90 Å². The van der Waals surface area contributed by atoms with Crippen LogP contribution in [-0.2, 0) is 4.79 Å². The average Bonchev–Trinajstić information content (AvgIpc) is 3.68. The topological polar surface area (TPSA) is 80.4 Å². The number of hydrogen-bond acceptors (Lipinski definition) is 4. The molecule has 1 unspecified atom stereocenters. The maximum absolute atomic E-state index is 13.9. The molecule has 3 heterocycles. The Morgan fingerprint density at radius 1 is 0.865 bits per heavy atom. The van der Waals surface area contributed by atoms with Crippen molar-refractivity contribution in [3.05, 3.63) is 139 Å². The third-order valence-electron chi connectivity index (χ3n) is 6.15. The molecule has 2 aromatic carbocycles. The summed E-state index contributed by atoms with van der Waals surface area (Å²) in [6.45, 7) is 1.91. The second-order valence-corrected chi connectivity index (χ2v) is 8.59. The summed E-state index contributed by atoms with van der Waals surface area (Å²) in [6.07, 6.45) is 8.57. The van der Waals surface area contributed by atoms with Gasteiger partial charge in [-0.1, -0.05) is 36.4 Å². The first-order valence-corrected chi connectivity index (χ1v) is 12.0. The standard InChI is InChI=1S/C30H26N4O3/c1-22(23-9-3-2-4-10-23)32-29(35)28(24-11-7-17-31-21-24)34(30(36)27-12-8-20-37-27)26-15-13-25(14-16-26)33-18-5-6-19-33/h2-22,28H,1H3,(H,32,35)/t22-,28?/m0/s1. The smallest absolute Gasteiger partial charge is 0.294 e. The molecule has 3 aromatic heterocycles. The summed E-state index contributed by atoms with van der Waals surface area (Å²) in [5.41, 5.74) is 3.02. The number of furan rings is 1. The number of rotatable bonds is 8. The van der Waals surface area contributed by atoms with Gasteiger partial charge >= 0.3 is 0 Å². The molecule has 0 radical (unpaired) electrons. The summed E-state index contributed by atoms with van der Waals surface area (Å²) in [6, 6.07) is 26.6. The fourth-order valence-electron chi connectivity index (χ4n) is 4.27. The third kappa shape index (κ3) is 5.21. The van der Waals surface area contributed by atoms with Gasteiger partial charge in [0.15, 0.2) is 5.76 Å². The van der Waals surface area contributed by atoms with Crippen LogP contribution in [0.1, 0.15) is 40.7 Å². The highest BCUT2D eigenvalue weighted by atomic mass is 16.3. The van der Waals surface area contributed by atoms with Crippen molar-refractivity contribution in [1.29, 1.82) is 0 Å². The first-order chi connectivity index (χ1) is 18.1. The van der Waals surface area contributed by atoms with Gasteiger partial charge in [-0.05, 0) is 67.1 Å². The van der Waals surface area contributed by atoms with Crippen LogP contribution in [0.2, 0.25) is 0 Å². The second kappa shape index (κ2) is 10.8. The molecule has 5 aromatic rings. The molecule has 0 fully saturated rings.